The Hall–Kier alpha value is -6.06. The molecule has 2 amide bonds. The maximum Gasteiger partial charge on any atom is 0.459 e. The van der Waals surface area contributed by atoms with Crippen molar-refractivity contribution in [1.82, 2.24) is 44.1 Å². The molecule has 10 atom stereocenters. The average Bonchev–Trinajstić information content (AvgIpc) is 4.07. The highest BCUT2D eigenvalue weighted by Crippen LogP contribution is 2.49. The Kier molecular flexibility index (Phi) is 17.6. The van der Waals surface area contributed by atoms with Crippen LogP contribution in [0.3, 0.4) is 0 Å². The first-order valence-electron chi connectivity index (χ1n) is 23.7. The van der Waals surface area contributed by atoms with Crippen LogP contribution in [0.4, 0.5) is 32.3 Å². The lowest BCUT2D eigenvalue weighted by atomic mass is 9.99. The Bertz CT molecular complexity index is 2840. The first-order chi connectivity index (χ1) is 34.6. The van der Waals surface area contributed by atoms with Gasteiger partial charge in [-0.15, -0.1) is 0 Å². The molecule has 5 aromatic rings. The number of hydrogen-bond acceptors (Lipinski definition) is 20. The summed E-state index contributed by atoms with van der Waals surface area (Å²) in [4.78, 5) is 66.3. The summed E-state index contributed by atoms with van der Waals surface area (Å²) in [6.07, 6.45) is -7.58. The number of nitrogens with one attached hydrogen (secondary N) is 3. The average molecular weight is 1060 g/mol. The Morgan fingerprint density at radius 2 is 1.20 bits per heavy atom. The number of amides is 2. The fourth-order valence-corrected chi connectivity index (χ4v) is 9.03. The van der Waals surface area contributed by atoms with Crippen molar-refractivity contribution < 1.29 is 66.3 Å². The normalized spacial score (nSPS) is 24.9. The van der Waals surface area contributed by atoms with E-state index in [4.69, 9.17) is 23.3 Å². The summed E-state index contributed by atoms with van der Waals surface area (Å²) in [6.45, 7) is 13.3. The van der Waals surface area contributed by atoms with E-state index in [9.17, 15) is 38.7 Å². The predicted molar refractivity (Wildman–Crippen MR) is 267 cm³/mol. The second kappa shape index (κ2) is 22.8. The standard InChI is InChI=1S/C29H41FN7O8P.C17H25FN6O4/c1-16(2)25(39)34-28-32-23(36(7)8)21-24(33-28)37(15-31-21)26-20(30)22(38)29(6,44-26)14-42-46(41,45-19-12-10-9-11-13-19)35-18(5)27(40)43-17(3)4;1-8(2)14(27)22-16-20-12(23(4)5)10-13(21-16)24(7-19-10)15-9(18)11(26)17(3,6-25)28-15/h9-13,15-18,20,22,26,38H,14H2,1-8H3,(H,35,41)(H,32,33,34,39);7-9,11,15,25-26H,6H2,1-5H3,(H,20,21,22,27)/t18-,20+,22-,26+,29+,46-;9-,11+,15-,17-/m01/s1. The number of ether oxygens (including phenoxy) is 3. The number of carbonyl (C=O) groups excluding carboxylic acids is 3. The molecular weight excluding hydrogens is 996 g/mol. The van der Waals surface area contributed by atoms with Gasteiger partial charge in [-0.3, -0.25) is 38.7 Å². The lowest BCUT2D eigenvalue weighted by molar-refractivity contribution is -0.149. The third-order valence-corrected chi connectivity index (χ3v) is 13.4. The van der Waals surface area contributed by atoms with E-state index in [0.29, 0.717) is 22.7 Å². The fourth-order valence-electron chi connectivity index (χ4n) is 7.44. The molecule has 2 aliphatic rings. The van der Waals surface area contributed by atoms with E-state index in [2.05, 4.69) is 45.6 Å². The molecule has 0 unspecified atom stereocenters. The van der Waals surface area contributed by atoms with Crippen LogP contribution in [-0.2, 0) is 37.7 Å². The molecule has 4 aromatic heterocycles. The molecule has 2 aliphatic heterocycles. The molecule has 1 aromatic carbocycles. The zero-order valence-corrected chi connectivity index (χ0v) is 44.3. The lowest BCUT2D eigenvalue weighted by Gasteiger charge is -2.30. The number of esters is 1. The van der Waals surface area contributed by atoms with E-state index in [1.165, 1.54) is 54.7 Å². The quantitative estimate of drug-likeness (QED) is 0.0532. The third-order valence-electron chi connectivity index (χ3n) is 11.8. The van der Waals surface area contributed by atoms with E-state index in [1.54, 1.807) is 97.7 Å². The first-order valence-corrected chi connectivity index (χ1v) is 25.2. The summed E-state index contributed by atoms with van der Waals surface area (Å²) in [5, 5.41) is 38.5. The smallest absolute Gasteiger partial charge is 0.459 e. The SMILES string of the molecule is CC(C)C(=O)Nc1nc(N(C)C)c2ncn([C@@H]3O[C@](C)(CO)[C@@H](O)[C@H]3F)c2n1.CC(C)OC(=O)[C@H](C)N[P@](=O)(OC[C@@]1(C)O[C@@H](n2cnc3c(N(C)C)nc(NC(=O)C(C)C)nc32)[C@H](F)[C@@H]1O)Oc1ccccc1. The lowest BCUT2D eigenvalue weighted by Crippen LogP contribution is -2.44. The topological polar surface area (TPSA) is 305 Å². The minimum absolute atomic E-state index is 0.0214. The van der Waals surface area contributed by atoms with Gasteiger partial charge in [0.05, 0.1) is 32.0 Å². The highest BCUT2D eigenvalue weighted by Gasteiger charge is 2.56. The van der Waals surface area contributed by atoms with Gasteiger partial charge in [0.15, 0.2) is 58.8 Å². The minimum atomic E-state index is -4.35. The summed E-state index contributed by atoms with van der Waals surface area (Å²) in [7, 11) is 2.61. The molecule has 406 valence electrons. The van der Waals surface area contributed by atoms with Crippen LogP contribution in [-0.4, -0.2) is 161 Å². The number of benzene rings is 1. The summed E-state index contributed by atoms with van der Waals surface area (Å²) < 4.78 is 75.5. The number of rotatable bonds is 18. The van der Waals surface area contributed by atoms with Crippen LogP contribution in [0.25, 0.3) is 22.3 Å². The van der Waals surface area contributed by atoms with Crippen molar-refractivity contribution in [2.45, 2.75) is 123 Å². The monoisotopic (exact) mass is 1060 g/mol. The zero-order chi connectivity index (χ0) is 54.8. The van der Waals surface area contributed by atoms with Gasteiger partial charge in [0.1, 0.15) is 35.2 Å². The molecule has 74 heavy (non-hydrogen) atoms. The van der Waals surface area contributed by atoms with Crippen LogP contribution in [0.15, 0.2) is 43.0 Å². The molecule has 28 heteroatoms. The van der Waals surface area contributed by atoms with Gasteiger partial charge < -0.3 is 43.9 Å². The molecule has 2 saturated heterocycles. The number of fused-ring (bicyclic) bond motifs is 2. The summed E-state index contributed by atoms with van der Waals surface area (Å²) in [6, 6.07) is 7.00. The fraction of sp³-hybridized carbons (Fsp3) is 0.587. The van der Waals surface area contributed by atoms with Crippen molar-refractivity contribution in [2.24, 2.45) is 11.8 Å². The number of nitrogens with zero attached hydrogens (tertiary/aromatic N) is 10. The Labute approximate surface area is 425 Å². The van der Waals surface area contributed by atoms with Crippen LogP contribution in [0, 0.1) is 11.8 Å². The molecule has 6 heterocycles. The third kappa shape index (κ3) is 12.4. The van der Waals surface area contributed by atoms with E-state index in [-0.39, 0.29) is 52.6 Å². The second-order valence-corrected chi connectivity index (χ2v) is 21.3. The molecule has 0 bridgehead atoms. The molecule has 0 saturated carbocycles. The van der Waals surface area contributed by atoms with Gasteiger partial charge in [0, 0.05) is 40.0 Å². The van der Waals surface area contributed by atoms with Crippen molar-refractivity contribution >= 4 is 71.4 Å². The number of aliphatic hydroxyl groups is 3. The highest BCUT2D eigenvalue weighted by atomic mass is 31.2. The molecular formula is C46H66F2N13O12P. The maximum absolute atomic E-state index is 15.9. The van der Waals surface area contributed by atoms with Gasteiger partial charge in [0.2, 0.25) is 23.7 Å². The van der Waals surface area contributed by atoms with Crippen molar-refractivity contribution in [3.8, 4) is 5.75 Å². The molecule has 25 nitrogen and oxygen atoms in total. The second-order valence-electron chi connectivity index (χ2n) is 19.6. The van der Waals surface area contributed by atoms with E-state index >= 15 is 4.39 Å². The molecule has 2 fully saturated rings. The van der Waals surface area contributed by atoms with Gasteiger partial charge in [-0.2, -0.15) is 25.0 Å². The number of halogens is 2. The van der Waals surface area contributed by atoms with E-state index in [0.717, 1.165) is 0 Å². The van der Waals surface area contributed by atoms with Gasteiger partial charge in [-0.05, 0) is 46.8 Å². The van der Waals surface area contributed by atoms with Crippen molar-refractivity contribution in [3.05, 3.63) is 43.0 Å². The van der Waals surface area contributed by atoms with Crippen LogP contribution in [0.5, 0.6) is 5.75 Å². The van der Waals surface area contributed by atoms with Crippen molar-refractivity contribution in [3.63, 3.8) is 0 Å². The largest absolute Gasteiger partial charge is 0.462 e. The maximum atomic E-state index is 15.9. The first kappa shape index (κ1) is 57.2. The number of aromatic nitrogens is 8. The molecule has 7 rings (SSSR count). The summed E-state index contributed by atoms with van der Waals surface area (Å²) in [5.41, 5.74) is -2.15. The van der Waals surface area contributed by atoms with Crippen molar-refractivity contribution in [2.75, 3.05) is 61.8 Å². The van der Waals surface area contributed by atoms with Gasteiger partial charge >= 0.3 is 13.7 Å². The highest BCUT2D eigenvalue weighted by molar-refractivity contribution is 7.52. The number of hydrogen-bond donors (Lipinski definition) is 6. The number of aliphatic hydroxyl groups excluding tert-OH is 3. The number of anilines is 4. The molecule has 0 spiro atoms. The van der Waals surface area contributed by atoms with Crippen LogP contribution >= 0.6 is 7.75 Å². The zero-order valence-electron chi connectivity index (χ0n) is 43.4. The van der Waals surface area contributed by atoms with Crippen LogP contribution < -0.4 is 30.0 Å². The van der Waals surface area contributed by atoms with E-state index in [1.807, 2.05) is 0 Å². The number of imidazole rings is 2. The number of alkyl halides is 2. The Morgan fingerprint density at radius 1 is 0.757 bits per heavy atom. The van der Waals surface area contributed by atoms with Gasteiger partial charge in [-0.1, -0.05) is 45.9 Å². The van der Waals surface area contributed by atoms with Gasteiger partial charge in [0.25, 0.3) is 0 Å². The molecule has 0 radical (unpaired) electrons. The summed E-state index contributed by atoms with van der Waals surface area (Å²) in [5.74, 6) is -0.919. The number of para-hydroxylation sites is 1. The predicted octanol–water partition coefficient (Wildman–Crippen LogP) is 4.07. The Balaban J connectivity index is 0.000000271. The minimum Gasteiger partial charge on any atom is -0.462 e. The van der Waals surface area contributed by atoms with Crippen LogP contribution in [0.1, 0.15) is 74.8 Å². The molecule has 0 aliphatic carbocycles. The van der Waals surface area contributed by atoms with Crippen LogP contribution in [0.2, 0.25) is 0 Å². The summed E-state index contributed by atoms with van der Waals surface area (Å²) >= 11 is 0. The molecule has 6 N–H and O–H groups in total. The van der Waals surface area contributed by atoms with E-state index < -0.39 is 87.3 Å². The number of carbonyl (C=O) groups is 3. The Morgan fingerprint density at radius 3 is 1.61 bits per heavy atom. The van der Waals surface area contributed by atoms with Crippen molar-refractivity contribution in [1.29, 1.82) is 0 Å². The van der Waals surface area contributed by atoms with Gasteiger partial charge in [-0.25, -0.2) is 23.3 Å².